The third-order valence-electron chi connectivity index (χ3n) is 4.57. The van der Waals surface area contributed by atoms with E-state index in [1.807, 2.05) is 19.1 Å². The number of anilines is 2. The van der Waals surface area contributed by atoms with Gasteiger partial charge in [0, 0.05) is 43.0 Å². The van der Waals surface area contributed by atoms with Gasteiger partial charge >= 0.3 is 0 Å². The largest absolute Gasteiger partial charge is 0.381 e. The highest BCUT2D eigenvalue weighted by molar-refractivity contribution is 5.92. The van der Waals surface area contributed by atoms with Gasteiger partial charge in [0.25, 0.3) is 0 Å². The number of benzene rings is 1. The highest BCUT2D eigenvalue weighted by atomic mass is 16.1. The van der Waals surface area contributed by atoms with Crippen molar-refractivity contribution in [1.82, 2.24) is 4.90 Å². The Morgan fingerprint density at radius 2 is 2.05 bits per heavy atom. The predicted octanol–water partition coefficient (Wildman–Crippen LogP) is 2.99. The van der Waals surface area contributed by atoms with Gasteiger partial charge in [0.05, 0.1) is 0 Å². The van der Waals surface area contributed by atoms with Crippen molar-refractivity contribution < 1.29 is 4.79 Å². The zero-order valence-electron chi connectivity index (χ0n) is 13.0. The van der Waals surface area contributed by atoms with Crippen molar-refractivity contribution in [3.63, 3.8) is 0 Å². The minimum Gasteiger partial charge on any atom is -0.381 e. The lowest BCUT2D eigenvalue weighted by Gasteiger charge is -2.19. The smallest absolute Gasteiger partial charge is 0.224 e. The number of nitrogens with zero attached hydrogens (tertiary/aromatic N) is 1. The maximum atomic E-state index is 11.6. The van der Waals surface area contributed by atoms with E-state index in [1.54, 1.807) is 0 Å². The summed E-state index contributed by atoms with van der Waals surface area (Å²) >= 11 is 0. The van der Waals surface area contributed by atoms with Crippen molar-refractivity contribution in [3.8, 4) is 0 Å². The minimum absolute atomic E-state index is 0.0658. The summed E-state index contributed by atoms with van der Waals surface area (Å²) in [6, 6.07) is 7.47. The molecule has 4 nitrogen and oxygen atoms in total. The average Bonchev–Trinajstić information content (AvgIpc) is 3.23. The molecule has 21 heavy (non-hydrogen) atoms. The number of rotatable bonds is 5. The first-order valence-electron chi connectivity index (χ1n) is 8.07. The molecule has 0 radical (unpaired) electrons. The van der Waals surface area contributed by atoms with E-state index in [2.05, 4.69) is 28.5 Å². The van der Waals surface area contributed by atoms with Gasteiger partial charge in [0.15, 0.2) is 0 Å². The second-order valence-electron chi connectivity index (χ2n) is 6.24. The normalized spacial score (nSPS) is 22.3. The van der Waals surface area contributed by atoms with Crippen molar-refractivity contribution >= 4 is 17.3 Å². The lowest BCUT2D eigenvalue weighted by Crippen LogP contribution is -2.28. The summed E-state index contributed by atoms with van der Waals surface area (Å²) in [7, 11) is 0. The van der Waals surface area contributed by atoms with Crippen LogP contribution < -0.4 is 10.6 Å². The summed E-state index contributed by atoms with van der Waals surface area (Å²) in [5, 5.41) is 6.63. The van der Waals surface area contributed by atoms with Crippen molar-refractivity contribution in [2.75, 3.05) is 23.7 Å². The second-order valence-corrected chi connectivity index (χ2v) is 6.24. The minimum atomic E-state index is 0.0658. The Bertz CT molecular complexity index is 525. The van der Waals surface area contributed by atoms with Gasteiger partial charge in [-0.2, -0.15) is 0 Å². The molecule has 2 aliphatic rings. The lowest BCUT2D eigenvalue weighted by molar-refractivity contribution is -0.115. The van der Waals surface area contributed by atoms with Crippen molar-refractivity contribution in [2.24, 2.45) is 0 Å². The molecule has 1 atom stereocenters. The molecule has 1 aliphatic heterocycles. The number of carbonyl (C=O) groups excluding carboxylic acids is 1. The van der Waals surface area contributed by atoms with Crippen LogP contribution in [0.3, 0.4) is 0 Å². The summed E-state index contributed by atoms with van der Waals surface area (Å²) in [5.74, 6) is 0.0658. The molecule has 0 bridgehead atoms. The van der Waals surface area contributed by atoms with Gasteiger partial charge in [-0.1, -0.05) is 13.0 Å². The highest BCUT2D eigenvalue weighted by Gasteiger charge is 2.34. The predicted molar refractivity (Wildman–Crippen MR) is 86.7 cm³/mol. The van der Waals surface area contributed by atoms with Crippen molar-refractivity contribution in [2.45, 2.75) is 51.6 Å². The fourth-order valence-electron chi connectivity index (χ4n) is 3.06. The summed E-state index contributed by atoms with van der Waals surface area (Å²) in [6.07, 6.45) is 4.48. The molecule has 3 rings (SSSR count). The maximum Gasteiger partial charge on any atom is 0.224 e. The van der Waals surface area contributed by atoms with Crippen LogP contribution in [-0.2, 0) is 4.79 Å². The Labute approximate surface area is 126 Å². The van der Waals surface area contributed by atoms with Crippen LogP contribution in [0.2, 0.25) is 0 Å². The number of likely N-dealkylation sites (tertiary alicyclic amines) is 1. The van der Waals surface area contributed by atoms with Gasteiger partial charge in [0.2, 0.25) is 5.91 Å². The lowest BCUT2D eigenvalue weighted by atomic mass is 10.1. The first kappa shape index (κ1) is 14.4. The Kier molecular flexibility index (Phi) is 4.15. The van der Waals surface area contributed by atoms with E-state index in [0.717, 1.165) is 29.5 Å². The molecule has 2 fully saturated rings. The SMILES string of the molecule is CCC(=O)Nc1cccc(NC2CCN(C3CC3)C2)c1C. The number of nitrogens with one attached hydrogen (secondary N) is 2. The third kappa shape index (κ3) is 3.38. The molecule has 1 saturated carbocycles. The van der Waals surface area contributed by atoms with E-state index >= 15 is 0 Å². The molecule has 1 aromatic carbocycles. The Morgan fingerprint density at radius 3 is 2.76 bits per heavy atom. The van der Waals surface area contributed by atoms with Gasteiger partial charge in [-0.3, -0.25) is 9.69 Å². The topological polar surface area (TPSA) is 44.4 Å². The molecule has 1 aromatic rings. The first-order chi connectivity index (χ1) is 10.2. The van der Waals surface area contributed by atoms with Crippen LogP contribution in [0.25, 0.3) is 0 Å². The van der Waals surface area contributed by atoms with Gasteiger partial charge in [-0.15, -0.1) is 0 Å². The van der Waals surface area contributed by atoms with Crippen LogP contribution in [0.4, 0.5) is 11.4 Å². The third-order valence-corrected chi connectivity index (χ3v) is 4.57. The summed E-state index contributed by atoms with van der Waals surface area (Å²) < 4.78 is 0. The van der Waals surface area contributed by atoms with E-state index in [4.69, 9.17) is 0 Å². The molecular weight excluding hydrogens is 262 g/mol. The molecule has 4 heteroatoms. The number of hydrogen-bond donors (Lipinski definition) is 2. The van der Waals surface area contributed by atoms with E-state index in [-0.39, 0.29) is 5.91 Å². The van der Waals surface area contributed by atoms with Gasteiger partial charge < -0.3 is 10.6 Å². The molecule has 1 heterocycles. The van der Waals surface area contributed by atoms with Crippen LogP contribution in [0, 0.1) is 6.92 Å². The number of carbonyl (C=O) groups is 1. The highest BCUT2D eigenvalue weighted by Crippen LogP contribution is 2.31. The Hall–Kier alpha value is -1.55. The van der Waals surface area contributed by atoms with E-state index in [1.165, 1.54) is 25.8 Å². The van der Waals surface area contributed by atoms with E-state index in [0.29, 0.717) is 12.5 Å². The quantitative estimate of drug-likeness (QED) is 0.875. The molecule has 0 spiro atoms. The number of hydrogen-bond acceptors (Lipinski definition) is 3. The van der Waals surface area contributed by atoms with Crippen LogP contribution in [0.1, 0.15) is 38.2 Å². The van der Waals surface area contributed by atoms with Crippen LogP contribution in [-0.4, -0.2) is 36.0 Å². The first-order valence-corrected chi connectivity index (χ1v) is 8.07. The second kappa shape index (κ2) is 6.06. The molecule has 2 N–H and O–H groups in total. The average molecular weight is 287 g/mol. The van der Waals surface area contributed by atoms with Gasteiger partial charge in [0.1, 0.15) is 0 Å². The van der Waals surface area contributed by atoms with Gasteiger partial charge in [-0.05, 0) is 43.9 Å². The zero-order valence-corrected chi connectivity index (χ0v) is 13.0. The van der Waals surface area contributed by atoms with Crippen molar-refractivity contribution in [3.05, 3.63) is 23.8 Å². The molecule has 114 valence electrons. The van der Waals surface area contributed by atoms with Crippen LogP contribution in [0.5, 0.6) is 0 Å². The van der Waals surface area contributed by atoms with Gasteiger partial charge in [-0.25, -0.2) is 0 Å². The summed E-state index contributed by atoms with van der Waals surface area (Å²) in [4.78, 5) is 14.2. The summed E-state index contributed by atoms with van der Waals surface area (Å²) in [5.41, 5.74) is 3.19. The standard InChI is InChI=1S/C17H25N3O/c1-3-17(21)19-16-6-4-5-15(12(16)2)18-13-9-10-20(11-13)14-7-8-14/h4-6,13-14,18H,3,7-11H2,1-2H3,(H,19,21). The molecule has 1 unspecified atom stereocenters. The molecular formula is C17H25N3O. The molecule has 0 aromatic heterocycles. The van der Waals surface area contributed by atoms with Crippen LogP contribution >= 0.6 is 0 Å². The van der Waals surface area contributed by atoms with E-state index in [9.17, 15) is 4.79 Å². The Balaban J connectivity index is 1.65. The van der Waals surface area contributed by atoms with Crippen LogP contribution in [0.15, 0.2) is 18.2 Å². The molecule has 1 amide bonds. The zero-order chi connectivity index (χ0) is 14.8. The fourth-order valence-corrected chi connectivity index (χ4v) is 3.06. The Morgan fingerprint density at radius 1 is 1.29 bits per heavy atom. The fraction of sp³-hybridized carbons (Fsp3) is 0.588. The van der Waals surface area contributed by atoms with Crippen molar-refractivity contribution in [1.29, 1.82) is 0 Å². The monoisotopic (exact) mass is 287 g/mol. The maximum absolute atomic E-state index is 11.6. The summed E-state index contributed by atoms with van der Waals surface area (Å²) in [6.45, 7) is 6.31. The number of amides is 1. The van der Waals surface area contributed by atoms with E-state index < -0.39 is 0 Å². The molecule has 1 aliphatic carbocycles. The molecule has 1 saturated heterocycles.